The number of hydrogen-bond donors (Lipinski definition) is 5. The molecule has 1 fully saturated rings. The first-order valence-corrected chi connectivity index (χ1v) is 13.8. The number of unbranched alkanes of at least 4 members (excludes halogenated alkanes) is 4. The number of carbonyl (C=O) groups excluding carboxylic acids is 3. The minimum atomic E-state index is -0.964. The molecule has 0 spiro atoms. The Morgan fingerprint density at radius 1 is 1.02 bits per heavy atom. The molecule has 10 heteroatoms. The summed E-state index contributed by atoms with van der Waals surface area (Å²) in [6.07, 6.45) is 8.50. The summed E-state index contributed by atoms with van der Waals surface area (Å²) < 4.78 is 0. The van der Waals surface area contributed by atoms with Crippen LogP contribution < -0.4 is 10.6 Å². The smallest absolute Gasteiger partial charge is 0.303 e. The Hall–Kier alpha value is -3.42. The van der Waals surface area contributed by atoms with Gasteiger partial charge >= 0.3 is 5.97 Å². The van der Waals surface area contributed by atoms with Gasteiger partial charge in [0.1, 0.15) is 12.1 Å². The van der Waals surface area contributed by atoms with Gasteiger partial charge in [0.2, 0.25) is 17.7 Å². The van der Waals surface area contributed by atoms with Crippen LogP contribution in [0.5, 0.6) is 0 Å². The van der Waals surface area contributed by atoms with Crippen LogP contribution in [0.25, 0.3) is 0 Å². The van der Waals surface area contributed by atoms with Gasteiger partial charge in [0.05, 0.1) is 18.8 Å². The molecule has 0 aliphatic carbocycles. The number of likely N-dealkylation sites (tertiary alicyclic amines) is 1. The maximum Gasteiger partial charge on any atom is 0.303 e. The normalized spacial score (nSPS) is 18.4. The summed E-state index contributed by atoms with van der Waals surface area (Å²) in [4.78, 5) is 51.6. The molecule has 0 radical (unpaired) electrons. The Kier molecular flexibility index (Phi) is 12.6. The van der Waals surface area contributed by atoms with E-state index in [1.807, 2.05) is 20.8 Å². The predicted octanol–water partition coefficient (Wildman–Crippen LogP) is 2.13. The van der Waals surface area contributed by atoms with E-state index in [1.54, 1.807) is 24.3 Å². The number of nitrogens with zero attached hydrogens (tertiary/aromatic N) is 1. The number of aliphatic carboxylic acids is 1. The summed E-state index contributed by atoms with van der Waals surface area (Å²) in [7, 11) is 0. The fraction of sp³-hybridized carbons (Fsp3) is 0.600. The van der Waals surface area contributed by atoms with Gasteiger partial charge in [0.15, 0.2) is 0 Å². The number of carboxylic acid groups (broad SMARTS) is 1. The molecular formula is C30H43N3O7. The molecule has 5 N–H and O–H groups in total. The van der Waals surface area contributed by atoms with Crippen molar-refractivity contribution in [1.82, 2.24) is 15.5 Å². The number of rotatable bonds is 14. The Morgan fingerprint density at radius 2 is 1.62 bits per heavy atom. The van der Waals surface area contributed by atoms with E-state index in [4.69, 9.17) is 11.5 Å². The third-order valence-corrected chi connectivity index (χ3v) is 7.06. The lowest BCUT2D eigenvalue weighted by molar-refractivity contribution is -0.144. The lowest BCUT2D eigenvalue weighted by atomic mass is 9.85. The zero-order chi connectivity index (χ0) is 29.9. The van der Waals surface area contributed by atoms with Crippen molar-refractivity contribution in [1.29, 1.82) is 0 Å². The molecule has 1 aliphatic rings. The highest BCUT2D eigenvalue weighted by atomic mass is 16.4. The second kappa shape index (κ2) is 15.4. The quantitative estimate of drug-likeness (QED) is 0.173. The van der Waals surface area contributed by atoms with Crippen LogP contribution in [0.1, 0.15) is 89.3 Å². The van der Waals surface area contributed by atoms with Crippen molar-refractivity contribution in [2.75, 3.05) is 13.2 Å². The van der Waals surface area contributed by atoms with Crippen molar-refractivity contribution >= 4 is 23.7 Å². The minimum absolute atomic E-state index is 0.0401. The van der Waals surface area contributed by atoms with Gasteiger partial charge in [-0.15, -0.1) is 6.42 Å². The largest absolute Gasteiger partial charge is 0.481 e. The third-order valence-electron chi connectivity index (χ3n) is 7.06. The van der Waals surface area contributed by atoms with Crippen molar-refractivity contribution in [2.24, 2.45) is 5.41 Å². The molecule has 1 aliphatic heterocycles. The van der Waals surface area contributed by atoms with Gasteiger partial charge in [-0.25, -0.2) is 0 Å². The summed E-state index contributed by atoms with van der Waals surface area (Å²) in [6, 6.07) is 4.23. The molecule has 0 bridgehead atoms. The van der Waals surface area contributed by atoms with E-state index in [1.165, 1.54) is 4.90 Å². The van der Waals surface area contributed by atoms with Crippen LogP contribution in [-0.2, 0) is 19.2 Å². The lowest BCUT2D eigenvalue weighted by Gasteiger charge is -2.35. The van der Waals surface area contributed by atoms with Crippen LogP contribution in [0.2, 0.25) is 0 Å². The van der Waals surface area contributed by atoms with Crippen LogP contribution in [-0.4, -0.2) is 75.2 Å². The highest BCUT2D eigenvalue weighted by molar-refractivity contribution is 5.93. The fourth-order valence-corrected chi connectivity index (χ4v) is 4.76. The lowest BCUT2D eigenvalue weighted by Crippen LogP contribution is -2.58. The number of carboxylic acids is 1. The van der Waals surface area contributed by atoms with Gasteiger partial charge in [-0.3, -0.25) is 19.2 Å². The van der Waals surface area contributed by atoms with Gasteiger partial charge in [-0.05, 0) is 36.0 Å². The fourth-order valence-electron chi connectivity index (χ4n) is 4.76. The number of nitrogens with one attached hydrogen (secondary N) is 2. The predicted molar refractivity (Wildman–Crippen MR) is 150 cm³/mol. The first kappa shape index (κ1) is 32.8. The zero-order valence-corrected chi connectivity index (χ0v) is 23.7. The van der Waals surface area contributed by atoms with Crippen LogP contribution in [0.15, 0.2) is 24.3 Å². The molecule has 3 amide bonds. The van der Waals surface area contributed by atoms with E-state index in [0.717, 1.165) is 19.3 Å². The highest BCUT2D eigenvalue weighted by Gasteiger charge is 2.44. The first-order chi connectivity index (χ1) is 18.9. The van der Waals surface area contributed by atoms with Gasteiger partial charge in [0, 0.05) is 31.4 Å². The van der Waals surface area contributed by atoms with E-state index in [2.05, 4.69) is 16.6 Å². The summed E-state index contributed by atoms with van der Waals surface area (Å²) in [6.45, 7) is 5.05. The second-order valence-electron chi connectivity index (χ2n) is 11.4. The number of terminal acetylenes is 1. The molecule has 1 saturated heterocycles. The molecule has 1 unspecified atom stereocenters. The first-order valence-electron chi connectivity index (χ1n) is 13.8. The summed E-state index contributed by atoms with van der Waals surface area (Å²) in [5, 5.41) is 34.6. The number of aliphatic hydroxyl groups excluding tert-OH is 2. The molecule has 2 rings (SSSR count). The molecule has 1 heterocycles. The molecule has 220 valence electrons. The average Bonchev–Trinajstić information content (AvgIpc) is 3.30. The van der Waals surface area contributed by atoms with Crippen LogP contribution >= 0.6 is 0 Å². The van der Waals surface area contributed by atoms with Gasteiger partial charge in [-0.1, -0.05) is 58.1 Å². The molecule has 1 aromatic carbocycles. The van der Waals surface area contributed by atoms with Gasteiger partial charge < -0.3 is 30.9 Å². The number of benzene rings is 1. The van der Waals surface area contributed by atoms with Crippen molar-refractivity contribution in [3.8, 4) is 12.3 Å². The maximum atomic E-state index is 13.7. The minimum Gasteiger partial charge on any atom is -0.481 e. The summed E-state index contributed by atoms with van der Waals surface area (Å²) in [5.41, 5.74) is 0.645. The van der Waals surface area contributed by atoms with Gasteiger partial charge in [-0.2, -0.15) is 0 Å². The van der Waals surface area contributed by atoms with Crippen molar-refractivity contribution in [2.45, 2.75) is 96.4 Å². The number of β-amino-alcohol motifs (C(OH)–C–C–N with tert-alkyl or cyclic N) is 1. The summed E-state index contributed by atoms with van der Waals surface area (Å²) in [5.74, 6) is 0.454. The van der Waals surface area contributed by atoms with E-state index in [-0.39, 0.29) is 38.3 Å². The van der Waals surface area contributed by atoms with E-state index < -0.39 is 47.4 Å². The molecule has 10 nitrogen and oxygen atoms in total. The SMILES string of the molecule is C#Cc1ccc([C@H](CO)NC(=O)[C@@H]2C[C@@H](O)CN2C(=O)C(NC(=O)CCCCCCCC(=O)O)C(C)(C)C)cc1. The second-order valence-corrected chi connectivity index (χ2v) is 11.4. The third kappa shape index (κ3) is 9.96. The number of aliphatic hydroxyl groups is 2. The Balaban J connectivity index is 2.03. The van der Waals surface area contributed by atoms with E-state index in [0.29, 0.717) is 24.0 Å². The van der Waals surface area contributed by atoms with Crippen LogP contribution in [0.4, 0.5) is 0 Å². The molecule has 1 aromatic rings. The molecular weight excluding hydrogens is 514 g/mol. The topological polar surface area (TPSA) is 156 Å². The number of carbonyl (C=O) groups is 4. The number of hydrogen-bond acceptors (Lipinski definition) is 6. The molecule has 0 aromatic heterocycles. The number of amides is 3. The van der Waals surface area contributed by atoms with E-state index in [9.17, 15) is 29.4 Å². The van der Waals surface area contributed by atoms with Crippen LogP contribution in [0.3, 0.4) is 0 Å². The maximum absolute atomic E-state index is 13.7. The van der Waals surface area contributed by atoms with Crippen LogP contribution in [0, 0.1) is 17.8 Å². The monoisotopic (exact) mass is 557 g/mol. The van der Waals surface area contributed by atoms with Crippen molar-refractivity contribution in [3.05, 3.63) is 35.4 Å². The zero-order valence-electron chi connectivity index (χ0n) is 23.7. The van der Waals surface area contributed by atoms with Crippen molar-refractivity contribution in [3.63, 3.8) is 0 Å². The average molecular weight is 558 g/mol. The summed E-state index contributed by atoms with van der Waals surface area (Å²) >= 11 is 0. The molecule has 4 atom stereocenters. The van der Waals surface area contributed by atoms with Crippen molar-refractivity contribution < 1.29 is 34.5 Å². The van der Waals surface area contributed by atoms with Gasteiger partial charge in [0.25, 0.3) is 0 Å². The molecule has 0 saturated carbocycles. The Bertz CT molecular complexity index is 1060. The standard InChI is InChI=1S/C30H43N3O7/c1-5-20-13-15-21(16-14-20)23(19-34)31-28(39)24-17-22(35)18-33(24)29(40)27(30(2,3)4)32-25(36)11-9-7-6-8-10-12-26(37)38/h1,13-16,22-24,27,34-35H,6-12,17-19H2,2-4H3,(H,31,39)(H,32,36)(H,37,38)/t22-,23+,24+,27?/m1/s1. The Morgan fingerprint density at radius 3 is 2.17 bits per heavy atom. The molecule has 40 heavy (non-hydrogen) atoms. The Labute approximate surface area is 236 Å². The van der Waals surface area contributed by atoms with E-state index >= 15 is 0 Å². The highest BCUT2D eigenvalue weighted by Crippen LogP contribution is 2.27.